The highest BCUT2D eigenvalue weighted by Gasteiger charge is 2.47. The minimum absolute atomic E-state index is 0.00502. The Labute approximate surface area is 164 Å². The first-order valence-corrected chi connectivity index (χ1v) is 9.89. The first-order chi connectivity index (χ1) is 13.5. The molecule has 0 aliphatic heterocycles. The normalized spacial score (nSPS) is 17.3. The van der Waals surface area contributed by atoms with Crippen LogP contribution in [-0.4, -0.2) is 29.3 Å². The van der Waals surface area contributed by atoms with Crippen molar-refractivity contribution in [3.05, 3.63) is 59.7 Å². The van der Waals surface area contributed by atoms with E-state index >= 15 is 0 Å². The summed E-state index contributed by atoms with van der Waals surface area (Å²) in [5.74, 6) is -0.684. The number of carbonyl (C=O) groups excluding carboxylic acids is 1. The van der Waals surface area contributed by atoms with Crippen LogP contribution in [0.4, 0.5) is 4.79 Å². The van der Waals surface area contributed by atoms with E-state index < -0.39 is 17.6 Å². The van der Waals surface area contributed by atoms with Crippen molar-refractivity contribution in [3.8, 4) is 11.1 Å². The minimum Gasteiger partial charge on any atom is -0.481 e. The van der Waals surface area contributed by atoms with E-state index in [2.05, 4.69) is 29.6 Å². The lowest BCUT2D eigenvalue weighted by Gasteiger charge is -2.32. The topological polar surface area (TPSA) is 75.6 Å². The summed E-state index contributed by atoms with van der Waals surface area (Å²) >= 11 is 0. The molecular formula is C23H25NO4. The molecule has 2 aliphatic rings. The van der Waals surface area contributed by atoms with E-state index in [1.165, 1.54) is 11.1 Å². The van der Waals surface area contributed by atoms with Crippen LogP contribution in [0.1, 0.15) is 49.7 Å². The van der Waals surface area contributed by atoms with Crippen LogP contribution in [0.25, 0.3) is 11.1 Å². The van der Waals surface area contributed by atoms with Gasteiger partial charge in [-0.3, -0.25) is 4.79 Å². The predicted octanol–water partition coefficient (Wildman–Crippen LogP) is 4.56. The number of rotatable bonds is 7. The van der Waals surface area contributed by atoms with Crippen LogP contribution in [0.3, 0.4) is 0 Å². The maximum atomic E-state index is 12.6. The summed E-state index contributed by atoms with van der Waals surface area (Å²) in [6.07, 6.45) is 1.87. The number of ether oxygens (including phenoxy) is 1. The Morgan fingerprint density at radius 1 is 1.07 bits per heavy atom. The summed E-state index contributed by atoms with van der Waals surface area (Å²) in [4.78, 5) is 23.9. The number of hydrogen-bond donors (Lipinski definition) is 2. The van der Waals surface area contributed by atoms with Gasteiger partial charge in [0.2, 0.25) is 0 Å². The Morgan fingerprint density at radius 3 is 2.14 bits per heavy atom. The van der Waals surface area contributed by atoms with E-state index in [1.54, 1.807) is 0 Å². The van der Waals surface area contributed by atoms with E-state index in [1.807, 2.05) is 31.2 Å². The van der Waals surface area contributed by atoms with Crippen molar-refractivity contribution < 1.29 is 19.4 Å². The summed E-state index contributed by atoms with van der Waals surface area (Å²) in [7, 11) is 0. The molecule has 1 amide bonds. The second-order valence-corrected chi connectivity index (χ2v) is 7.81. The summed E-state index contributed by atoms with van der Waals surface area (Å²) in [6, 6.07) is 16.4. The molecule has 0 heterocycles. The number of nitrogens with one attached hydrogen (secondary N) is 1. The third-order valence-electron chi connectivity index (χ3n) is 6.15. The molecule has 1 saturated carbocycles. The molecule has 0 aromatic heterocycles. The van der Waals surface area contributed by atoms with E-state index in [0.29, 0.717) is 6.42 Å². The van der Waals surface area contributed by atoms with Crippen molar-refractivity contribution in [1.82, 2.24) is 5.32 Å². The van der Waals surface area contributed by atoms with Crippen molar-refractivity contribution in [1.29, 1.82) is 0 Å². The third-order valence-corrected chi connectivity index (χ3v) is 6.15. The maximum Gasteiger partial charge on any atom is 0.407 e. The van der Waals surface area contributed by atoms with Gasteiger partial charge in [-0.15, -0.1) is 0 Å². The van der Waals surface area contributed by atoms with Crippen LogP contribution in [0, 0.1) is 5.92 Å². The Morgan fingerprint density at radius 2 is 1.64 bits per heavy atom. The van der Waals surface area contributed by atoms with Gasteiger partial charge in [-0.2, -0.15) is 0 Å². The van der Waals surface area contributed by atoms with Gasteiger partial charge < -0.3 is 15.2 Å². The van der Waals surface area contributed by atoms with Gasteiger partial charge in [0, 0.05) is 5.92 Å². The highest BCUT2D eigenvalue weighted by molar-refractivity contribution is 5.79. The zero-order valence-corrected chi connectivity index (χ0v) is 16.0. The molecule has 28 heavy (non-hydrogen) atoms. The van der Waals surface area contributed by atoms with Crippen molar-refractivity contribution in [2.75, 3.05) is 6.61 Å². The molecule has 146 valence electrons. The molecular weight excluding hydrogens is 354 g/mol. The zero-order chi connectivity index (χ0) is 19.7. The molecule has 2 aliphatic carbocycles. The summed E-state index contributed by atoms with van der Waals surface area (Å²) < 4.78 is 5.61. The number of aliphatic carboxylic acids is 1. The molecule has 0 saturated heterocycles. The lowest BCUT2D eigenvalue weighted by molar-refractivity contribution is -0.139. The van der Waals surface area contributed by atoms with E-state index in [-0.39, 0.29) is 24.9 Å². The molecule has 4 rings (SSSR count). The van der Waals surface area contributed by atoms with E-state index in [9.17, 15) is 14.7 Å². The summed E-state index contributed by atoms with van der Waals surface area (Å²) in [5, 5.41) is 12.2. The van der Waals surface area contributed by atoms with Crippen molar-refractivity contribution >= 4 is 12.1 Å². The van der Waals surface area contributed by atoms with Crippen LogP contribution in [0.5, 0.6) is 0 Å². The molecule has 0 radical (unpaired) electrons. The lowest BCUT2D eigenvalue weighted by atomic mass is 9.86. The predicted molar refractivity (Wildman–Crippen MR) is 106 cm³/mol. The fourth-order valence-electron chi connectivity index (χ4n) is 4.54. The molecule has 2 N–H and O–H groups in total. The van der Waals surface area contributed by atoms with Crippen LogP contribution < -0.4 is 5.32 Å². The Bertz CT molecular complexity index is 859. The second-order valence-electron chi connectivity index (χ2n) is 7.81. The highest BCUT2D eigenvalue weighted by Crippen LogP contribution is 2.45. The average molecular weight is 379 g/mol. The molecule has 1 unspecified atom stereocenters. The van der Waals surface area contributed by atoms with Gasteiger partial charge in [-0.1, -0.05) is 55.5 Å². The standard InChI is InChI=1S/C23H25NO4/c1-2-23(13-21(25)26,15-11-12-15)24-22(27)28-14-20-18-9-5-3-7-16(18)17-8-4-6-10-19(17)20/h3-10,15,20H,2,11-14H2,1H3,(H,24,27)(H,25,26). The first kappa shape index (κ1) is 18.5. The number of benzene rings is 2. The maximum absolute atomic E-state index is 12.6. The molecule has 2 aromatic carbocycles. The van der Waals surface area contributed by atoms with Crippen LogP contribution in [0.2, 0.25) is 0 Å². The summed E-state index contributed by atoms with van der Waals surface area (Å²) in [5.41, 5.74) is 3.96. The van der Waals surface area contributed by atoms with Crippen LogP contribution in [-0.2, 0) is 9.53 Å². The largest absolute Gasteiger partial charge is 0.481 e. The van der Waals surface area contributed by atoms with Crippen molar-refractivity contribution in [2.24, 2.45) is 5.92 Å². The van der Waals surface area contributed by atoms with Gasteiger partial charge in [0.25, 0.3) is 0 Å². The smallest absolute Gasteiger partial charge is 0.407 e. The number of alkyl carbamates (subject to hydrolysis) is 1. The monoisotopic (exact) mass is 379 g/mol. The minimum atomic E-state index is -0.896. The molecule has 1 atom stereocenters. The molecule has 2 aromatic rings. The Kier molecular flexibility index (Phi) is 4.84. The van der Waals surface area contributed by atoms with Crippen LogP contribution >= 0.6 is 0 Å². The Hall–Kier alpha value is -2.82. The molecule has 5 heteroatoms. The molecule has 0 bridgehead atoms. The quantitative estimate of drug-likeness (QED) is 0.739. The van der Waals surface area contributed by atoms with Gasteiger partial charge in [0.05, 0.1) is 12.0 Å². The molecule has 1 fully saturated rings. The van der Waals surface area contributed by atoms with E-state index in [4.69, 9.17) is 4.74 Å². The zero-order valence-electron chi connectivity index (χ0n) is 16.0. The van der Waals surface area contributed by atoms with Gasteiger partial charge >= 0.3 is 12.1 Å². The molecule has 0 spiro atoms. The highest BCUT2D eigenvalue weighted by atomic mass is 16.5. The molecule has 5 nitrogen and oxygen atoms in total. The average Bonchev–Trinajstić information content (AvgIpc) is 3.49. The third kappa shape index (κ3) is 3.37. The lowest BCUT2D eigenvalue weighted by Crippen LogP contribution is -2.51. The fraction of sp³-hybridized carbons (Fsp3) is 0.391. The second kappa shape index (κ2) is 7.30. The number of amides is 1. The number of carboxylic acid groups (broad SMARTS) is 1. The van der Waals surface area contributed by atoms with Crippen molar-refractivity contribution in [2.45, 2.75) is 44.1 Å². The van der Waals surface area contributed by atoms with Crippen molar-refractivity contribution in [3.63, 3.8) is 0 Å². The van der Waals surface area contributed by atoms with Gasteiger partial charge in [0.15, 0.2) is 0 Å². The Balaban J connectivity index is 1.48. The van der Waals surface area contributed by atoms with Gasteiger partial charge in [0.1, 0.15) is 6.61 Å². The number of fused-ring (bicyclic) bond motifs is 3. The first-order valence-electron chi connectivity index (χ1n) is 9.89. The fourth-order valence-corrected chi connectivity index (χ4v) is 4.54. The summed E-state index contributed by atoms with van der Waals surface area (Å²) in [6.45, 7) is 2.16. The van der Waals surface area contributed by atoms with Crippen LogP contribution in [0.15, 0.2) is 48.5 Å². The number of hydrogen-bond acceptors (Lipinski definition) is 3. The van der Waals surface area contributed by atoms with E-state index in [0.717, 1.165) is 24.0 Å². The van der Waals surface area contributed by atoms with Gasteiger partial charge in [-0.25, -0.2) is 4.79 Å². The van der Waals surface area contributed by atoms with Gasteiger partial charge in [-0.05, 0) is 47.4 Å². The number of carboxylic acids is 1. The SMILES string of the molecule is CCC(CC(=O)O)(NC(=O)OCC1c2ccccc2-c2ccccc21)C1CC1. The number of carbonyl (C=O) groups is 2.